The summed E-state index contributed by atoms with van der Waals surface area (Å²) in [5, 5.41) is 2.42. The molecule has 1 fully saturated rings. The van der Waals surface area contributed by atoms with E-state index in [1.165, 1.54) is 10.8 Å². The maximum absolute atomic E-state index is 11.6. The fraction of sp³-hybridized carbons (Fsp3) is 0.312. The summed E-state index contributed by atoms with van der Waals surface area (Å²) in [6.45, 7) is 0. The monoisotopic (exact) mass is 286 g/mol. The van der Waals surface area contributed by atoms with Crippen LogP contribution in [0.25, 0.3) is 10.8 Å². The number of nitrogens with two attached hydrogens (primary N) is 2. The van der Waals surface area contributed by atoms with Gasteiger partial charge in [-0.05, 0) is 41.7 Å². The summed E-state index contributed by atoms with van der Waals surface area (Å²) in [4.78, 5) is 12.7. The van der Waals surface area contributed by atoms with Crippen LogP contribution in [0.5, 0.6) is 0 Å². The number of rotatable bonds is 5. The Bertz CT molecular complexity index is 654. The summed E-state index contributed by atoms with van der Waals surface area (Å²) in [6.07, 6.45) is 2.02. The van der Waals surface area contributed by atoms with E-state index in [0.29, 0.717) is 5.75 Å². The number of benzene rings is 2. The van der Waals surface area contributed by atoms with Crippen LogP contribution in [0.4, 0.5) is 0 Å². The zero-order valence-electron chi connectivity index (χ0n) is 11.2. The van der Waals surface area contributed by atoms with Gasteiger partial charge in [0.2, 0.25) is 5.91 Å². The van der Waals surface area contributed by atoms with Crippen molar-refractivity contribution in [3.8, 4) is 0 Å². The van der Waals surface area contributed by atoms with Crippen molar-refractivity contribution >= 4 is 28.4 Å². The average Bonchev–Trinajstić information content (AvgIpc) is 3.29. The lowest BCUT2D eigenvalue weighted by Gasteiger charge is -2.25. The first-order chi connectivity index (χ1) is 9.59. The van der Waals surface area contributed by atoms with Crippen molar-refractivity contribution in [1.82, 2.24) is 0 Å². The Morgan fingerprint density at radius 3 is 2.55 bits per heavy atom. The van der Waals surface area contributed by atoms with Crippen LogP contribution < -0.4 is 11.5 Å². The van der Waals surface area contributed by atoms with Gasteiger partial charge in [0, 0.05) is 10.6 Å². The van der Waals surface area contributed by atoms with Crippen molar-refractivity contribution in [2.45, 2.75) is 23.3 Å². The summed E-state index contributed by atoms with van der Waals surface area (Å²) < 4.78 is 0. The van der Waals surface area contributed by atoms with Gasteiger partial charge in [-0.2, -0.15) is 0 Å². The van der Waals surface area contributed by atoms with Crippen molar-refractivity contribution in [2.24, 2.45) is 17.4 Å². The molecule has 0 spiro atoms. The van der Waals surface area contributed by atoms with Gasteiger partial charge in [-0.3, -0.25) is 4.79 Å². The van der Waals surface area contributed by atoms with E-state index < -0.39 is 5.54 Å². The quantitative estimate of drug-likeness (QED) is 0.830. The van der Waals surface area contributed by atoms with Crippen LogP contribution >= 0.6 is 11.8 Å². The number of carbonyl (C=O) groups is 1. The molecule has 0 bridgehead atoms. The largest absolute Gasteiger partial charge is 0.368 e. The molecule has 2 aromatic carbocycles. The summed E-state index contributed by atoms with van der Waals surface area (Å²) in [6, 6.07) is 14.5. The molecular formula is C16H18N2OS. The molecule has 1 amide bonds. The van der Waals surface area contributed by atoms with Crippen molar-refractivity contribution in [1.29, 1.82) is 0 Å². The lowest BCUT2D eigenvalue weighted by Crippen LogP contribution is -2.56. The molecule has 1 unspecified atom stereocenters. The Balaban J connectivity index is 1.77. The maximum atomic E-state index is 11.6. The third kappa shape index (κ3) is 2.53. The molecule has 0 radical (unpaired) electrons. The number of fused-ring (bicyclic) bond motifs is 1. The van der Waals surface area contributed by atoms with Gasteiger partial charge < -0.3 is 11.5 Å². The van der Waals surface area contributed by atoms with Crippen LogP contribution in [0.3, 0.4) is 0 Å². The van der Waals surface area contributed by atoms with Crippen LogP contribution in [-0.2, 0) is 4.79 Å². The van der Waals surface area contributed by atoms with Gasteiger partial charge >= 0.3 is 0 Å². The normalized spacial score (nSPS) is 17.9. The molecule has 4 heteroatoms. The van der Waals surface area contributed by atoms with Gasteiger partial charge in [-0.15, -0.1) is 11.8 Å². The molecule has 1 aliphatic carbocycles. The second-order valence-corrected chi connectivity index (χ2v) is 6.53. The molecule has 1 aliphatic rings. The molecule has 2 aromatic rings. The van der Waals surface area contributed by atoms with E-state index >= 15 is 0 Å². The van der Waals surface area contributed by atoms with Gasteiger partial charge in [0.25, 0.3) is 0 Å². The second kappa shape index (κ2) is 5.11. The number of hydrogen-bond donors (Lipinski definition) is 2. The van der Waals surface area contributed by atoms with E-state index in [1.54, 1.807) is 11.8 Å². The van der Waals surface area contributed by atoms with Crippen molar-refractivity contribution in [3.63, 3.8) is 0 Å². The second-order valence-electron chi connectivity index (χ2n) is 5.48. The first-order valence-corrected chi connectivity index (χ1v) is 7.78. The minimum absolute atomic E-state index is 0.257. The van der Waals surface area contributed by atoms with Gasteiger partial charge in [0.05, 0.1) is 0 Å². The van der Waals surface area contributed by atoms with Crippen molar-refractivity contribution in [3.05, 3.63) is 42.5 Å². The Morgan fingerprint density at radius 2 is 1.90 bits per heavy atom. The molecular weight excluding hydrogens is 268 g/mol. The molecule has 3 rings (SSSR count). The Hall–Kier alpha value is -1.52. The number of hydrogen-bond acceptors (Lipinski definition) is 3. The van der Waals surface area contributed by atoms with Crippen LogP contribution in [-0.4, -0.2) is 17.2 Å². The van der Waals surface area contributed by atoms with Gasteiger partial charge in [-0.25, -0.2) is 0 Å². The zero-order chi connectivity index (χ0) is 14.2. The van der Waals surface area contributed by atoms with Gasteiger partial charge in [0.15, 0.2) is 0 Å². The molecule has 1 saturated carbocycles. The minimum Gasteiger partial charge on any atom is -0.368 e. The standard InChI is InChI=1S/C16H18N2OS/c17-15(19)16(18,13-6-7-13)10-20-14-8-5-11-3-1-2-4-12(11)9-14/h1-5,8-9,13H,6-7,10,18H2,(H2,17,19). The van der Waals surface area contributed by atoms with Crippen LogP contribution in [0.1, 0.15) is 12.8 Å². The Kier molecular flexibility index (Phi) is 3.44. The third-order valence-corrected chi connectivity index (χ3v) is 5.17. The van der Waals surface area contributed by atoms with Crippen molar-refractivity contribution < 1.29 is 4.79 Å². The summed E-state index contributed by atoms with van der Waals surface area (Å²) in [5.74, 6) is 0.423. The van der Waals surface area contributed by atoms with E-state index in [-0.39, 0.29) is 11.8 Å². The molecule has 3 nitrogen and oxygen atoms in total. The molecule has 4 N–H and O–H groups in total. The van der Waals surface area contributed by atoms with Crippen molar-refractivity contribution in [2.75, 3.05) is 5.75 Å². The maximum Gasteiger partial charge on any atom is 0.238 e. The number of amides is 1. The number of thioether (sulfide) groups is 1. The first kappa shape index (κ1) is 13.5. The van der Waals surface area contributed by atoms with E-state index in [1.807, 2.05) is 12.1 Å². The minimum atomic E-state index is -0.865. The summed E-state index contributed by atoms with van der Waals surface area (Å²) >= 11 is 1.61. The van der Waals surface area contributed by atoms with E-state index in [2.05, 4.69) is 30.3 Å². The van der Waals surface area contributed by atoms with E-state index in [9.17, 15) is 4.79 Å². The topological polar surface area (TPSA) is 69.1 Å². The highest BCUT2D eigenvalue weighted by Gasteiger charge is 2.46. The average molecular weight is 286 g/mol. The predicted octanol–water partition coefficient (Wildman–Crippen LogP) is 2.52. The molecule has 20 heavy (non-hydrogen) atoms. The number of carbonyl (C=O) groups excluding carboxylic acids is 1. The smallest absolute Gasteiger partial charge is 0.238 e. The first-order valence-electron chi connectivity index (χ1n) is 6.80. The Morgan fingerprint density at radius 1 is 1.20 bits per heavy atom. The highest BCUT2D eigenvalue weighted by atomic mass is 32.2. The SMILES string of the molecule is NC(=O)C(N)(CSc1ccc2ccccc2c1)C1CC1. The van der Waals surface area contributed by atoms with Gasteiger partial charge in [-0.1, -0.05) is 30.3 Å². The summed E-state index contributed by atoms with van der Waals surface area (Å²) in [5.41, 5.74) is 10.8. The van der Waals surface area contributed by atoms with Crippen LogP contribution in [0, 0.1) is 5.92 Å². The summed E-state index contributed by atoms with van der Waals surface area (Å²) in [7, 11) is 0. The molecule has 0 aromatic heterocycles. The molecule has 104 valence electrons. The van der Waals surface area contributed by atoms with Crippen LogP contribution in [0.15, 0.2) is 47.4 Å². The predicted molar refractivity (Wildman–Crippen MR) is 83.5 cm³/mol. The molecule has 0 heterocycles. The fourth-order valence-electron chi connectivity index (χ4n) is 2.45. The molecule has 0 saturated heterocycles. The zero-order valence-corrected chi connectivity index (χ0v) is 12.0. The van der Waals surface area contributed by atoms with Gasteiger partial charge in [0.1, 0.15) is 5.54 Å². The highest BCUT2D eigenvalue weighted by Crippen LogP contribution is 2.41. The van der Waals surface area contributed by atoms with E-state index in [4.69, 9.17) is 11.5 Å². The lowest BCUT2D eigenvalue weighted by atomic mass is 9.96. The third-order valence-electron chi connectivity index (χ3n) is 3.96. The highest BCUT2D eigenvalue weighted by molar-refractivity contribution is 7.99. The van der Waals surface area contributed by atoms with E-state index in [0.717, 1.165) is 17.7 Å². The Labute approximate surface area is 122 Å². The molecule has 0 aliphatic heterocycles. The molecule has 1 atom stereocenters. The lowest BCUT2D eigenvalue weighted by molar-refractivity contribution is -0.123. The van der Waals surface area contributed by atoms with Crippen LogP contribution in [0.2, 0.25) is 0 Å². The number of primary amides is 1. The fourth-order valence-corrected chi connectivity index (χ4v) is 3.61.